The lowest BCUT2D eigenvalue weighted by Gasteiger charge is -2.13. The average Bonchev–Trinajstić information content (AvgIpc) is 3.80. The molecular weight excluding hydrogens is 554 g/mol. The van der Waals surface area contributed by atoms with Crippen LogP contribution < -0.4 is 15.2 Å². The van der Waals surface area contributed by atoms with Crippen LogP contribution in [0.1, 0.15) is 54.0 Å². The maximum Gasteiger partial charge on any atom is 0.404 e. The van der Waals surface area contributed by atoms with Crippen molar-refractivity contribution in [2.75, 3.05) is 14.2 Å². The summed E-state index contributed by atoms with van der Waals surface area (Å²) in [5.41, 5.74) is 15.3. The molecule has 2 aliphatic carbocycles. The molecule has 1 amide bonds. The Hall–Kier alpha value is -4.92. The van der Waals surface area contributed by atoms with Gasteiger partial charge in [0, 0.05) is 35.0 Å². The molecule has 2 N–H and O–H groups in total. The maximum atomic E-state index is 11.2. The van der Waals surface area contributed by atoms with Gasteiger partial charge in [0.25, 0.3) is 0 Å². The third-order valence-corrected chi connectivity index (χ3v) is 8.95. The molecule has 2 unspecified atom stereocenters. The van der Waals surface area contributed by atoms with Crippen molar-refractivity contribution in [3.05, 3.63) is 89.2 Å². The highest BCUT2D eigenvalue weighted by Gasteiger charge is 2.29. The highest BCUT2D eigenvalue weighted by atomic mass is 16.6. The number of methoxy groups -OCH3 is 2. The normalized spacial score (nSPS) is 17.5. The van der Waals surface area contributed by atoms with Gasteiger partial charge in [-0.1, -0.05) is 30.3 Å². The molecule has 7 rings (SSSR count). The van der Waals surface area contributed by atoms with Gasteiger partial charge in [-0.2, -0.15) is 5.10 Å². The van der Waals surface area contributed by atoms with Crippen LogP contribution in [0.25, 0.3) is 33.5 Å². The first-order valence-electron chi connectivity index (χ1n) is 15.1. The van der Waals surface area contributed by atoms with E-state index in [0.29, 0.717) is 6.54 Å². The summed E-state index contributed by atoms with van der Waals surface area (Å²) in [5.74, 6) is 1.75. The van der Waals surface area contributed by atoms with Crippen LogP contribution >= 0.6 is 0 Å². The number of nitrogens with zero attached hydrogens (tertiary/aromatic N) is 4. The van der Waals surface area contributed by atoms with E-state index < -0.39 is 6.09 Å². The summed E-state index contributed by atoms with van der Waals surface area (Å²) in [7, 11) is 3.37. The number of carbonyl (C=O) groups excluding carboxylic acids is 1. The van der Waals surface area contributed by atoms with E-state index in [1.807, 2.05) is 35.1 Å². The van der Waals surface area contributed by atoms with Gasteiger partial charge in [0.15, 0.2) is 0 Å². The van der Waals surface area contributed by atoms with E-state index in [9.17, 15) is 4.79 Å². The molecule has 9 nitrogen and oxygen atoms in total. The molecule has 0 bridgehead atoms. The Morgan fingerprint density at radius 2 is 1.86 bits per heavy atom. The van der Waals surface area contributed by atoms with Crippen molar-refractivity contribution < 1.29 is 19.0 Å². The second-order valence-electron chi connectivity index (χ2n) is 11.6. The number of aromatic nitrogens is 4. The standard InChI is InChI=1S/C35H35N5O4/c1-42-25-13-9-21(10-14-25)20-40-30-18-31(43-2)33(28-8-4-6-22-5-3-7-27(22)28)38-34(30)32(39-40)24-12-16-29(37-19-24)23-11-15-26(17-23)44-35(36)41/h4,6,8-10,12-14,16,18-19,23,26H,3,5,7,11,15,17,20H2,1-2H3,(H2,36,41). The van der Waals surface area contributed by atoms with Crippen molar-refractivity contribution in [1.29, 1.82) is 0 Å². The molecule has 44 heavy (non-hydrogen) atoms. The fourth-order valence-electron chi connectivity index (χ4n) is 6.75. The first-order valence-corrected chi connectivity index (χ1v) is 15.1. The molecule has 0 spiro atoms. The molecule has 9 heteroatoms. The molecule has 224 valence electrons. The Labute approximate surface area is 256 Å². The number of carbonyl (C=O) groups is 1. The third-order valence-electron chi connectivity index (χ3n) is 8.95. The molecule has 3 heterocycles. The third kappa shape index (κ3) is 5.23. The Morgan fingerprint density at radius 1 is 1.00 bits per heavy atom. The Morgan fingerprint density at radius 3 is 2.61 bits per heavy atom. The minimum Gasteiger partial charge on any atom is -0.497 e. The van der Waals surface area contributed by atoms with Crippen molar-refractivity contribution in [3.63, 3.8) is 0 Å². The first kappa shape index (κ1) is 27.9. The quantitative estimate of drug-likeness (QED) is 0.221. The lowest BCUT2D eigenvalue weighted by atomic mass is 9.99. The van der Waals surface area contributed by atoms with Crippen molar-refractivity contribution in [2.45, 2.75) is 57.1 Å². The molecule has 3 aromatic heterocycles. The summed E-state index contributed by atoms with van der Waals surface area (Å²) in [6, 6.07) is 20.7. The highest BCUT2D eigenvalue weighted by molar-refractivity contribution is 5.93. The summed E-state index contributed by atoms with van der Waals surface area (Å²) < 4.78 is 18.5. The van der Waals surface area contributed by atoms with E-state index in [-0.39, 0.29) is 12.0 Å². The zero-order valence-electron chi connectivity index (χ0n) is 25.0. The smallest absolute Gasteiger partial charge is 0.404 e. The van der Waals surface area contributed by atoms with Crippen LogP contribution in [-0.4, -0.2) is 46.2 Å². The van der Waals surface area contributed by atoms with Gasteiger partial charge in [-0.05, 0) is 79.5 Å². The van der Waals surface area contributed by atoms with Crippen molar-refractivity contribution in [2.24, 2.45) is 5.73 Å². The molecular formula is C35H35N5O4. The monoisotopic (exact) mass is 589 g/mol. The number of fused-ring (bicyclic) bond motifs is 2. The van der Waals surface area contributed by atoms with E-state index in [1.165, 1.54) is 11.1 Å². The second-order valence-corrected chi connectivity index (χ2v) is 11.6. The number of hydrogen-bond donors (Lipinski definition) is 1. The van der Waals surface area contributed by atoms with Crippen LogP contribution in [0, 0.1) is 0 Å². The lowest BCUT2D eigenvalue weighted by Crippen LogP contribution is -2.20. The van der Waals surface area contributed by atoms with E-state index in [4.69, 9.17) is 35.0 Å². The average molecular weight is 590 g/mol. The Kier molecular flexibility index (Phi) is 7.37. The molecule has 1 saturated carbocycles. The number of hydrogen-bond acceptors (Lipinski definition) is 7. The van der Waals surface area contributed by atoms with Gasteiger partial charge < -0.3 is 19.9 Å². The van der Waals surface area contributed by atoms with Gasteiger partial charge in [-0.15, -0.1) is 0 Å². The summed E-state index contributed by atoms with van der Waals surface area (Å²) in [5, 5.41) is 5.11. The van der Waals surface area contributed by atoms with Crippen LogP contribution in [0.4, 0.5) is 4.79 Å². The molecule has 2 aliphatic rings. The van der Waals surface area contributed by atoms with E-state index >= 15 is 0 Å². The van der Waals surface area contributed by atoms with Gasteiger partial charge in [-0.25, -0.2) is 9.78 Å². The summed E-state index contributed by atoms with van der Waals surface area (Å²) >= 11 is 0. The summed E-state index contributed by atoms with van der Waals surface area (Å²) in [6.07, 6.45) is 6.68. The topological polar surface area (TPSA) is 114 Å². The van der Waals surface area contributed by atoms with E-state index in [2.05, 4.69) is 36.4 Å². The van der Waals surface area contributed by atoms with Gasteiger partial charge in [0.2, 0.25) is 0 Å². The summed E-state index contributed by atoms with van der Waals surface area (Å²) in [4.78, 5) is 21.3. The molecule has 0 saturated heterocycles. The number of rotatable bonds is 8. The number of benzene rings is 2. The molecule has 2 aromatic carbocycles. The van der Waals surface area contributed by atoms with Crippen molar-refractivity contribution in [3.8, 4) is 34.0 Å². The zero-order valence-corrected chi connectivity index (χ0v) is 25.0. The minimum atomic E-state index is -0.722. The highest BCUT2D eigenvalue weighted by Crippen LogP contribution is 2.40. The minimum absolute atomic E-state index is 0.159. The number of pyridine rings is 2. The fourth-order valence-corrected chi connectivity index (χ4v) is 6.75. The SMILES string of the molecule is COc1ccc(Cn2nc(-c3ccc(C4CCC(OC(N)=O)C4)nc3)c3nc(-c4cccc5c4CCC5)c(OC)cc32)cc1. The molecule has 5 aromatic rings. The number of aryl methyl sites for hydroxylation is 1. The summed E-state index contributed by atoms with van der Waals surface area (Å²) in [6.45, 7) is 0.556. The van der Waals surface area contributed by atoms with E-state index in [1.54, 1.807) is 14.2 Å². The first-order chi connectivity index (χ1) is 21.5. The zero-order chi connectivity index (χ0) is 30.2. The predicted octanol–water partition coefficient (Wildman–Crippen LogP) is 6.45. The number of amides is 1. The molecule has 0 aliphatic heterocycles. The Bertz CT molecular complexity index is 1830. The molecule has 1 fully saturated rings. The molecule has 2 atom stereocenters. The van der Waals surface area contributed by atoms with Crippen LogP contribution in [-0.2, 0) is 24.1 Å². The largest absolute Gasteiger partial charge is 0.497 e. The fraction of sp³-hybridized carbons (Fsp3) is 0.314. The van der Waals surface area contributed by atoms with E-state index in [0.717, 1.165) is 94.8 Å². The van der Waals surface area contributed by atoms with Crippen LogP contribution in [0.15, 0.2) is 66.9 Å². The number of nitrogens with two attached hydrogens (primary N) is 1. The number of primary amides is 1. The Balaban J connectivity index is 1.31. The van der Waals surface area contributed by atoms with Gasteiger partial charge >= 0.3 is 6.09 Å². The van der Waals surface area contributed by atoms with Crippen LogP contribution in [0.5, 0.6) is 11.5 Å². The van der Waals surface area contributed by atoms with Gasteiger partial charge in [0.1, 0.15) is 34.5 Å². The van der Waals surface area contributed by atoms with Gasteiger partial charge in [0.05, 0.1) is 26.3 Å². The van der Waals surface area contributed by atoms with Crippen LogP contribution in [0.3, 0.4) is 0 Å². The van der Waals surface area contributed by atoms with Crippen molar-refractivity contribution in [1.82, 2.24) is 19.7 Å². The molecule has 0 radical (unpaired) electrons. The lowest BCUT2D eigenvalue weighted by molar-refractivity contribution is 0.109. The van der Waals surface area contributed by atoms with Crippen molar-refractivity contribution >= 4 is 17.1 Å². The van der Waals surface area contributed by atoms with Gasteiger partial charge in [-0.3, -0.25) is 9.67 Å². The van der Waals surface area contributed by atoms with Crippen LogP contribution in [0.2, 0.25) is 0 Å². The maximum absolute atomic E-state index is 11.2. The number of ether oxygens (including phenoxy) is 3. The predicted molar refractivity (Wildman–Crippen MR) is 168 cm³/mol. The second kappa shape index (κ2) is 11.6.